The lowest BCUT2D eigenvalue weighted by Crippen LogP contribution is -2.56. The minimum Gasteiger partial charge on any atom is -0.338 e. The summed E-state index contributed by atoms with van der Waals surface area (Å²) in [4.78, 5) is 31.5. The van der Waals surface area contributed by atoms with Crippen LogP contribution < -0.4 is 0 Å². The van der Waals surface area contributed by atoms with Crippen molar-refractivity contribution in [1.82, 2.24) is 24.6 Å². The molecule has 2 aromatic carbocycles. The largest absolute Gasteiger partial charge is 0.338 e. The molecule has 2 aromatic heterocycles. The van der Waals surface area contributed by atoms with E-state index in [9.17, 15) is 9.59 Å². The van der Waals surface area contributed by atoms with Gasteiger partial charge in [0, 0.05) is 31.4 Å². The number of thioether (sulfide) groups is 1. The first-order chi connectivity index (χ1) is 18.6. The molecule has 3 heterocycles. The van der Waals surface area contributed by atoms with Crippen molar-refractivity contribution in [3.05, 3.63) is 83.7 Å². The Kier molecular flexibility index (Phi) is 8.24. The lowest BCUT2D eigenvalue weighted by atomic mass is 9.94. The summed E-state index contributed by atoms with van der Waals surface area (Å²) in [6.07, 6.45) is 0.751. The van der Waals surface area contributed by atoms with E-state index < -0.39 is 0 Å². The van der Waals surface area contributed by atoms with Crippen molar-refractivity contribution in [3.63, 3.8) is 0 Å². The van der Waals surface area contributed by atoms with Crippen LogP contribution in [0.2, 0.25) is 0 Å². The van der Waals surface area contributed by atoms with E-state index in [0.29, 0.717) is 24.8 Å². The molecule has 1 aliphatic rings. The maximum atomic E-state index is 13.4. The Morgan fingerprint density at radius 2 is 1.74 bits per heavy atom. The minimum absolute atomic E-state index is 0.0404. The standard InChI is InChI=1S/C29H31N5O2S2/c1-3-24(22-11-6-4-7-12-22)28(36)33-17-16-32(19-21(33)2)26(35)20-38-29-31-30-27(25-15-10-18-37-25)34(29)23-13-8-5-9-14-23/h4-15,18,21,24H,3,16-17,19-20H2,1-2H3. The topological polar surface area (TPSA) is 71.3 Å². The van der Waals surface area contributed by atoms with Crippen molar-refractivity contribution < 1.29 is 9.59 Å². The molecule has 2 atom stereocenters. The summed E-state index contributed by atoms with van der Waals surface area (Å²) in [6.45, 7) is 5.69. The van der Waals surface area contributed by atoms with Gasteiger partial charge in [-0.3, -0.25) is 14.2 Å². The van der Waals surface area contributed by atoms with Gasteiger partial charge in [0.1, 0.15) is 0 Å². The third-order valence-corrected chi connectivity index (χ3v) is 8.67. The van der Waals surface area contributed by atoms with Gasteiger partial charge in [-0.05, 0) is 42.5 Å². The summed E-state index contributed by atoms with van der Waals surface area (Å²) in [5.41, 5.74) is 2.01. The average molecular weight is 546 g/mol. The summed E-state index contributed by atoms with van der Waals surface area (Å²) >= 11 is 3.01. The van der Waals surface area contributed by atoms with Crippen molar-refractivity contribution in [2.75, 3.05) is 25.4 Å². The van der Waals surface area contributed by atoms with Gasteiger partial charge in [0.15, 0.2) is 11.0 Å². The Balaban J connectivity index is 1.24. The summed E-state index contributed by atoms with van der Waals surface area (Å²) < 4.78 is 2.01. The van der Waals surface area contributed by atoms with Crippen LogP contribution in [0.25, 0.3) is 16.4 Å². The van der Waals surface area contributed by atoms with Gasteiger partial charge in [0.2, 0.25) is 11.8 Å². The van der Waals surface area contributed by atoms with Crippen molar-refractivity contribution in [1.29, 1.82) is 0 Å². The molecular weight excluding hydrogens is 514 g/mol. The van der Waals surface area contributed by atoms with Crippen LogP contribution in [-0.2, 0) is 9.59 Å². The highest BCUT2D eigenvalue weighted by atomic mass is 32.2. The third kappa shape index (κ3) is 5.54. The van der Waals surface area contributed by atoms with E-state index in [1.165, 1.54) is 11.8 Å². The van der Waals surface area contributed by atoms with Gasteiger partial charge in [-0.15, -0.1) is 21.5 Å². The molecule has 1 saturated heterocycles. The molecule has 5 rings (SSSR count). The van der Waals surface area contributed by atoms with Crippen molar-refractivity contribution in [2.24, 2.45) is 0 Å². The second kappa shape index (κ2) is 12.0. The van der Waals surface area contributed by atoms with E-state index in [-0.39, 0.29) is 29.5 Å². The number of nitrogens with zero attached hydrogens (tertiary/aromatic N) is 5. The van der Waals surface area contributed by atoms with Crippen LogP contribution in [0.1, 0.15) is 31.7 Å². The Morgan fingerprint density at radius 1 is 1.00 bits per heavy atom. The summed E-state index contributed by atoms with van der Waals surface area (Å²) in [7, 11) is 0. The van der Waals surface area contributed by atoms with E-state index >= 15 is 0 Å². The Morgan fingerprint density at radius 3 is 2.39 bits per heavy atom. The number of hydrogen-bond donors (Lipinski definition) is 0. The first kappa shape index (κ1) is 26.2. The first-order valence-electron chi connectivity index (χ1n) is 12.9. The summed E-state index contributed by atoms with van der Waals surface area (Å²) in [5.74, 6) is 1.07. The number of carbonyl (C=O) groups excluding carboxylic acids is 2. The molecule has 0 aliphatic carbocycles. The molecule has 7 nitrogen and oxygen atoms in total. The minimum atomic E-state index is -0.154. The fourth-order valence-electron chi connectivity index (χ4n) is 4.91. The Labute approximate surface area is 231 Å². The zero-order chi connectivity index (χ0) is 26.5. The zero-order valence-corrected chi connectivity index (χ0v) is 23.2. The van der Waals surface area contributed by atoms with Crippen LogP contribution in [0, 0.1) is 0 Å². The molecule has 2 amide bonds. The van der Waals surface area contributed by atoms with Crippen LogP contribution in [-0.4, -0.2) is 67.8 Å². The number of thiophene rings is 1. The number of amides is 2. The van der Waals surface area contributed by atoms with Gasteiger partial charge in [0.05, 0.1) is 16.5 Å². The monoisotopic (exact) mass is 545 g/mol. The highest BCUT2D eigenvalue weighted by Gasteiger charge is 2.33. The average Bonchev–Trinajstić information content (AvgIpc) is 3.63. The maximum absolute atomic E-state index is 13.4. The molecule has 38 heavy (non-hydrogen) atoms. The number of carbonyl (C=O) groups is 2. The lowest BCUT2D eigenvalue weighted by Gasteiger charge is -2.41. The molecule has 2 unspecified atom stereocenters. The van der Waals surface area contributed by atoms with E-state index in [4.69, 9.17) is 0 Å². The van der Waals surface area contributed by atoms with E-state index in [2.05, 4.69) is 17.1 Å². The molecule has 0 N–H and O–H groups in total. The molecule has 0 spiro atoms. The van der Waals surface area contributed by atoms with Gasteiger partial charge in [-0.1, -0.05) is 73.3 Å². The second-order valence-corrected chi connectivity index (χ2v) is 11.2. The van der Waals surface area contributed by atoms with Crippen LogP contribution in [0.15, 0.2) is 83.3 Å². The molecular formula is C29H31N5O2S2. The Hall–Kier alpha value is -3.43. The number of aromatic nitrogens is 3. The van der Waals surface area contributed by atoms with E-state index in [0.717, 1.165) is 28.4 Å². The van der Waals surface area contributed by atoms with Crippen LogP contribution >= 0.6 is 23.1 Å². The van der Waals surface area contributed by atoms with Crippen molar-refractivity contribution in [3.8, 4) is 16.4 Å². The highest BCUT2D eigenvalue weighted by Crippen LogP contribution is 2.31. The normalized spacial score (nSPS) is 16.4. The third-order valence-electron chi connectivity index (χ3n) is 6.89. The molecule has 196 valence electrons. The highest BCUT2D eigenvalue weighted by molar-refractivity contribution is 7.99. The van der Waals surface area contributed by atoms with Gasteiger partial charge < -0.3 is 9.80 Å². The molecule has 9 heteroatoms. The predicted octanol–water partition coefficient (Wildman–Crippen LogP) is 5.34. The van der Waals surface area contributed by atoms with Crippen LogP contribution in [0.3, 0.4) is 0 Å². The van der Waals surface area contributed by atoms with E-state index in [1.807, 2.05) is 99.5 Å². The molecule has 1 fully saturated rings. The number of rotatable bonds is 8. The molecule has 1 aliphatic heterocycles. The molecule has 4 aromatic rings. The number of para-hydroxylation sites is 1. The molecule has 0 radical (unpaired) electrons. The number of piperazine rings is 1. The lowest BCUT2D eigenvalue weighted by molar-refractivity contribution is -0.142. The molecule has 0 bridgehead atoms. The summed E-state index contributed by atoms with van der Waals surface area (Å²) in [6, 6.07) is 23.9. The first-order valence-corrected chi connectivity index (χ1v) is 14.7. The second-order valence-electron chi connectivity index (χ2n) is 9.34. The van der Waals surface area contributed by atoms with Crippen LogP contribution in [0.5, 0.6) is 0 Å². The van der Waals surface area contributed by atoms with Crippen molar-refractivity contribution in [2.45, 2.75) is 37.4 Å². The number of hydrogen-bond acceptors (Lipinski definition) is 6. The van der Waals surface area contributed by atoms with Gasteiger partial charge >= 0.3 is 0 Å². The number of benzene rings is 2. The summed E-state index contributed by atoms with van der Waals surface area (Å²) in [5, 5.41) is 11.6. The SMILES string of the molecule is CCC(C(=O)N1CCN(C(=O)CSc2nnc(-c3cccs3)n2-c2ccccc2)CC1C)c1ccccc1. The van der Waals surface area contributed by atoms with Gasteiger partial charge in [-0.25, -0.2) is 0 Å². The maximum Gasteiger partial charge on any atom is 0.233 e. The predicted molar refractivity (Wildman–Crippen MR) is 153 cm³/mol. The van der Waals surface area contributed by atoms with E-state index in [1.54, 1.807) is 11.3 Å². The fourth-order valence-corrected chi connectivity index (χ4v) is 6.46. The van der Waals surface area contributed by atoms with Gasteiger partial charge in [0.25, 0.3) is 0 Å². The van der Waals surface area contributed by atoms with Gasteiger partial charge in [-0.2, -0.15) is 0 Å². The quantitative estimate of drug-likeness (QED) is 0.280. The molecule has 0 saturated carbocycles. The smallest absolute Gasteiger partial charge is 0.233 e. The van der Waals surface area contributed by atoms with Crippen molar-refractivity contribution >= 4 is 34.9 Å². The zero-order valence-electron chi connectivity index (χ0n) is 21.6. The fraction of sp³-hybridized carbons (Fsp3) is 0.310. The van der Waals surface area contributed by atoms with Crippen LogP contribution in [0.4, 0.5) is 0 Å². The Bertz CT molecular complexity index is 1360.